The molecule has 47 heavy (non-hydrogen) atoms. The van der Waals surface area contributed by atoms with E-state index in [-0.39, 0.29) is 6.71 Å². The van der Waals surface area contributed by atoms with Crippen LogP contribution in [0.2, 0.25) is 0 Å². The van der Waals surface area contributed by atoms with E-state index in [2.05, 4.69) is 179 Å². The summed E-state index contributed by atoms with van der Waals surface area (Å²) in [4.78, 5) is 7.73. The van der Waals surface area contributed by atoms with Crippen LogP contribution in [0.4, 0.5) is 17.1 Å². The molecule has 0 aliphatic carbocycles. The van der Waals surface area contributed by atoms with Gasteiger partial charge in [-0.05, 0) is 75.0 Å². The van der Waals surface area contributed by atoms with Crippen molar-refractivity contribution in [1.82, 2.24) is 9.55 Å². The van der Waals surface area contributed by atoms with Crippen LogP contribution in [-0.4, -0.2) is 16.3 Å². The molecule has 0 radical (unpaired) electrons. The lowest BCUT2D eigenvalue weighted by Gasteiger charge is -2.40. The zero-order valence-electron chi connectivity index (χ0n) is 25.6. The third-order valence-electron chi connectivity index (χ3n) is 9.78. The number of para-hydroxylation sites is 1. The fourth-order valence-electron chi connectivity index (χ4n) is 7.76. The molecule has 1 aromatic heterocycles. The molecule has 2 aliphatic rings. The highest BCUT2D eigenvalue weighted by atomic mass is 15.2. The Bertz CT molecular complexity index is 2470. The van der Waals surface area contributed by atoms with Gasteiger partial charge in [0.05, 0.1) is 11.0 Å². The Morgan fingerprint density at radius 1 is 0.426 bits per heavy atom. The number of imidazole rings is 1. The second-order valence-corrected chi connectivity index (χ2v) is 12.4. The van der Waals surface area contributed by atoms with E-state index >= 15 is 0 Å². The molecule has 0 N–H and O–H groups in total. The Hall–Kier alpha value is -6.13. The van der Waals surface area contributed by atoms with Gasteiger partial charge in [0.15, 0.2) is 0 Å². The van der Waals surface area contributed by atoms with E-state index < -0.39 is 0 Å². The Labute approximate surface area is 274 Å². The third kappa shape index (κ3) is 3.91. The molecule has 0 atom stereocenters. The molecule has 10 rings (SSSR count). The van der Waals surface area contributed by atoms with E-state index in [9.17, 15) is 0 Å². The Morgan fingerprint density at radius 3 is 1.79 bits per heavy atom. The maximum Gasteiger partial charge on any atom is 0.252 e. The number of benzene rings is 7. The molecule has 0 saturated heterocycles. The molecule has 2 aliphatic heterocycles. The minimum atomic E-state index is 0.0751. The van der Waals surface area contributed by atoms with Crippen LogP contribution in [0.3, 0.4) is 0 Å². The molecule has 0 unspecified atom stereocenters. The summed E-state index contributed by atoms with van der Waals surface area (Å²) in [7, 11) is 0. The lowest BCUT2D eigenvalue weighted by atomic mass is 9.34. The highest BCUT2D eigenvalue weighted by Gasteiger charge is 2.42. The SMILES string of the molecule is c1ccc(-c2cccc(N3c4cc(-c5ccccc5)ccc4B4c5c3cccc5-n3c(-c5ccccc5)nc5cccc4c53)c2)cc1. The van der Waals surface area contributed by atoms with Crippen molar-refractivity contribution in [2.24, 2.45) is 0 Å². The van der Waals surface area contributed by atoms with Gasteiger partial charge in [0.1, 0.15) is 5.82 Å². The molecule has 4 heteroatoms. The smallest absolute Gasteiger partial charge is 0.252 e. The number of fused-ring (bicyclic) bond motifs is 4. The third-order valence-corrected chi connectivity index (χ3v) is 9.78. The van der Waals surface area contributed by atoms with Gasteiger partial charge in [-0.15, -0.1) is 0 Å². The first-order valence-corrected chi connectivity index (χ1v) is 16.2. The van der Waals surface area contributed by atoms with Crippen LogP contribution in [0.1, 0.15) is 0 Å². The van der Waals surface area contributed by atoms with Gasteiger partial charge in [0.25, 0.3) is 6.71 Å². The maximum absolute atomic E-state index is 5.25. The van der Waals surface area contributed by atoms with E-state index in [1.165, 1.54) is 61.2 Å². The van der Waals surface area contributed by atoms with Crippen LogP contribution < -0.4 is 21.3 Å². The monoisotopic (exact) mass is 597 g/mol. The zero-order valence-corrected chi connectivity index (χ0v) is 25.6. The summed E-state index contributed by atoms with van der Waals surface area (Å²) >= 11 is 0. The highest BCUT2D eigenvalue weighted by Crippen LogP contribution is 2.42. The van der Waals surface area contributed by atoms with Crippen LogP contribution in [0.5, 0.6) is 0 Å². The van der Waals surface area contributed by atoms with Crippen LogP contribution in [0.25, 0.3) is 50.4 Å². The molecule has 0 amide bonds. The predicted octanol–water partition coefficient (Wildman–Crippen LogP) is 8.64. The summed E-state index contributed by atoms with van der Waals surface area (Å²) in [5.41, 5.74) is 16.8. The second-order valence-electron chi connectivity index (χ2n) is 12.4. The summed E-state index contributed by atoms with van der Waals surface area (Å²) in [6, 6.07) is 61.3. The first-order chi connectivity index (χ1) is 23.3. The molecular formula is C43H28BN3. The quantitative estimate of drug-likeness (QED) is 0.190. The van der Waals surface area contributed by atoms with E-state index in [0.717, 1.165) is 22.6 Å². The summed E-state index contributed by atoms with van der Waals surface area (Å²) in [6.45, 7) is 0.0751. The van der Waals surface area contributed by atoms with Gasteiger partial charge in [-0.1, -0.05) is 133 Å². The number of aromatic nitrogens is 2. The zero-order chi connectivity index (χ0) is 30.9. The minimum Gasteiger partial charge on any atom is -0.311 e. The lowest BCUT2D eigenvalue weighted by Crippen LogP contribution is -2.60. The van der Waals surface area contributed by atoms with Crippen LogP contribution >= 0.6 is 0 Å². The molecule has 7 aromatic carbocycles. The summed E-state index contributed by atoms with van der Waals surface area (Å²) < 4.78 is 2.40. The van der Waals surface area contributed by atoms with Gasteiger partial charge in [-0.3, -0.25) is 4.57 Å². The van der Waals surface area contributed by atoms with Gasteiger partial charge in [-0.2, -0.15) is 0 Å². The van der Waals surface area contributed by atoms with Crippen molar-refractivity contribution >= 4 is 51.2 Å². The van der Waals surface area contributed by atoms with Crippen molar-refractivity contribution < 1.29 is 0 Å². The largest absolute Gasteiger partial charge is 0.311 e. The van der Waals surface area contributed by atoms with Crippen LogP contribution in [-0.2, 0) is 0 Å². The maximum atomic E-state index is 5.25. The number of hydrogen-bond donors (Lipinski definition) is 0. The topological polar surface area (TPSA) is 21.1 Å². The van der Waals surface area contributed by atoms with Crippen molar-refractivity contribution in [2.75, 3.05) is 4.90 Å². The number of hydrogen-bond acceptors (Lipinski definition) is 2. The molecule has 8 aromatic rings. The van der Waals surface area contributed by atoms with Crippen LogP contribution in [0, 0.1) is 0 Å². The van der Waals surface area contributed by atoms with Crippen molar-refractivity contribution in [3.05, 3.63) is 170 Å². The number of nitrogens with zero attached hydrogens (tertiary/aromatic N) is 3. The van der Waals surface area contributed by atoms with E-state index in [4.69, 9.17) is 4.98 Å². The van der Waals surface area contributed by atoms with Gasteiger partial charge in [0.2, 0.25) is 0 Å². The van der Waals surface area contributed by atoms with Crippen LogP contribution in [0.15, 0.2) is 170 Å². The molecular weight excluding hydrogens is 569 g/mol. The van der Waals surface area contributed by atoms with Crippen molar-refractivity contribution in [2.45, 2.75) is 0 Å². The van der Waals surface area contributed by atoms with Crippen molar-refractivity contribution in [3.8, 4) is 39.3 Å². The van der Waals surface area contributed by atoms with Crippen molar-refractivity contribution in [3.63, 3.8) is 0 Å². The van der Waals surface area contributed by atoms with Gasteiger partial charge in [0, 0.05) is 28.3 Å². The first-order valence-electron chi connectivity index (χ1n) is 16.2. The summed E-state index contributed by atoms with van der Waals surface area (Å²) in [6.07, 6.45) is 0. The Morgan fingerprint density at radius 2 is 1.04 bits per heavy atom. The molecule has 218 valence electrons. The number of rotatable bonds is 4. The highest BCUT2D eigenvalue weighted by molar-refractivity contribution is 7.00. The fraction of sp³-hybridized carbons (Fsp3) is 0. The van der Waals surface area contributed by atoms with Gasteiger partial charge in [-0.25, -0.2) is 4.98 Å². The molecule has 0 spiro atoms. The molecule has 0 saturated carbocycles. The number of anilines is 3. The fourth-order valence-corrected chi connectivity index (χ4v) is 7.76. The Balaban J connectivity index is 1.28. The predicted molar refractivity (Wildman–Crippen MR) is 197 cm³/mol. The first kappa shape index (κ1) is 26.1. The van der Waals surface area contributed by atoms with Gasteiger partial charge < -0.3 is 4.90 Å². The van der Waals surface area contributed by atoms with E-state index in [0.29, 0.717) is 0 Å². The normalized spacial score (nSPS) is 12.6. The standard InChI is InChI=1S/C43H28BN3/c1-4-13-29(14-5-1)32-19-10-20-34(27-32)46-38-23-12-24-39-41(38)44(35-26-25-33(28-40(35)46)30-15-6-2-7-16-30)36-21-11-22-37-42(36)47(39)43(45-37)31-17-8-3-9-18-31/h1-28H. The molecule has 3 heterocycles. The lowest BCUT2D eigenvalue weighted by molar-refractivity contribution is 1.10. The molecule has 3 nitrogen and oxygen atoms in total. The average Bonchev–Trinajstić information content (AvgIpc) is 3.55. The van der Waals surface area contributed by atoms with Crippen molar-refractivity contribution in [1.29, 1.82) is 0 Å². The van der Waals surface area contributed by atoms with Gasteiger partial charge >= 0.3 is 0 Å². The average molecular weight is 598 g/mol. The summed E-state index contributed by atoms with van der Waals surface area (Å²) in [5.74, 6) is 0.975. The second kappa shape index (κ2) is 10.2. The summed E-state index contributed by atoms with van der Waals surface area (Å²) in [5, 5.41) is 0. The molecule has 0 fully saturated rings. The van der Waals surface area contributed by atoms with E-state index in [1.807, 2.05) is 0 Å². The Kier molecular flexibility index (Phi) is 5.67. The minimum absolute atomic E-state index is 0.0751. The molecule has 0 bridgehead atoms. The van der Waals surface area contributed by atoms with E-state index in [1.54, 1.807) is 0 Å².